The fourth-order valence-electron chi connectivity index (χ4n) is 3.76. The molecule has 6 heteroatoms. The number of nitrogens with one attached hydrogen (secondary N) is 1. The van der Waals surface area contributed by atoms with E-state index in [-0.39, 0.29) is 11.8 Å². The highest BCUT2D eigenvalue weighted by molar-refractivity contribution is 7.13. The third-order valence-electron chi connectivity index (χ3n) is 5.33. The number of hydrogen-bond acceptors (Lipinski definition) is 5. The van der Waals surface area contributed by atoms with Crippen LogP contribution in [0.15, 0.2) is 65.0 Å². The SMILES string of the molecule is O=C1Nc2cc(-c3cccs3)ccc2C1C=Nc1ccc(N2CCOCC2)cc1. The van der Waals surface area contributed by atoms with Crippen LogP contribution in [-0.4, -0.2) is 38.4 Å². The molecule has 1 aromatic heterocycles. The van der Waals surface area contributed by atoms with Crippen molar-refractivity contribution in [1.29, 1.82) is 0 Å². The summed E-state index contributed by atoms with van der Waals surface area (Å²) < 4.78 is 5.41. The lowest BCUT2D eigenvalue weighted by molar-refractivity contribution is -0.115. The Morgan fingerprint density at radius 1 is 1.10 bits per heavy atom. The Hall–Kier alpha value is -2.96. The van der Waals surface area contributed by atoms with Crippen molar-refractivity contribution in [3.63, 3.8) is 0 Å². The number of aliphatic imine (C=N–C) groups is 1. The normalized spacial score (nSPS) is 18.8. The number of carbonyl (C=O) groups is 1. The zero-order valence-corrected chi connectivity index (χ0v) is 16.7. The first kappa shape index (κ1) is 18.1. The maximum atomic E-state index is 12.5. The van der Waals surface area contributed by atoms with E-state index < -0.39 is 0 Å². The molecule has 3 aromatic rings. The van der Waals surface area contributed by atoms with E-state index in [0.717, 1.165) is 48.8 Å². The largest absolute Gasteiger partial charge is 0.378 e. The molecule has 0 spiro atoms. The molecule has 0 saturated carbocycles. The van der Waals surface area contributed by atoms with Gasteiger partial charge in [0.1, 0.15) is 5.92 Å². The van der Waals surface area contributed by atoms with Crippen LogP contribution < -0.4 is 10.2 Å². The van der Waals surface area contributed by atoms with E-state index in [1.165, 1.54) is 10.6 Å². The zero-order chi connectivity index (χ0) is 19.6. The summed E-state index contributed by atoms with van der Waals surface area (Å²) in [6.07, 6.45) is 1.75. The Labute approximate surface area is 173 Å². The van der Waals surface area contributed by atoms with Gasteiger partial charge in [0.15, 0.2) is 0 Å². The summed E-state index contributed by atoms with van der Waals surface area (Å²) in [6, 6.07) is 18.4. The predicted molar refractivity (Wildman–Crippen MR) is 119 cm³/mol. The highest BCUT2D eigenvalue weighted by Crippen LogP contribution is 2.36. The van der Waals surface area contributed by atoms with E-state index in [2.05, 4.69) is 44.9 Å². The molecule has 1 amide bonds. The number of fused-ring (bicyclic) bond motifs is 1. The predicted octanol–water partition coefficient (Wildman–Crippen LogP) is 4.69. The Morgan fingerprint density at radius 3 is 2.69 bits per heavy atom. The summed E-state index contributed by atoms with van der Waals surface area (Å²) in [5.74, 6) is -0.390. The molecule has 5 nitrogen and oxygen atoms in total. The molecule has 1 N–H and O–H groups in total. The molecular formula is C23H21N3O2S. The van der Waals surface area contributed by atoms with Crippen molar-refractivity contribution in [2.45, 2.75) is 5.92 Å². The van der Waals surface area contributed by atoms with Gasteiger partial charge in [0.05, 0.1) is 18.9 Å². The average molecular weight is 404 g/mol. The van der Waals surface area contributed by atoms with Crippen LogP contribution in [0, 0.1) is 0 Å². The van der Waals surface area contributed by atoms with Gasteiger partial charge in [-0.2, -0.15) is 0 Å². The van der Waals surface area contributed by atoms with Crippen molar-refractivity contribution in [3.8, 4) is 10.4 Å². The molecule has 2 aliphatic heterocycles. The number of rotatable bonds is 4. The van der Waals surface area contributed by atoms with Crippen molar-refractivity contribution in [2.75, 3.05) is 36.5 Å². The van der Waals surface area contributed by atoms with Gasteiger partial charge in [-0.1, -0.05) is 18.2 Å². The molecule has 3 heterocycles. The first-order valence-corrected chi connectivity index (χ1v) is 10.6. The highest BCUT2D eigenvalue weighted by Gasteiger charge is 2.29. The van der Waals surface area contributed by atoms with Gasteiger partial charge < -0.3 is 15.0 Å². The van der Waals surface area contributed by atoms with E-state index in [4.69, 9.17) is 4.74 Å². The van der Waals surface area contributed by atoms with Crippen LogP contribution in [0.4, 0.5) is 17.1 Å². The molecule has 0 radical (unpaired) electrons. The number of thiophene rings is 1. The number of carbonyl (C=O) groups excluding carboxylic acids is 1. The molecule has 0 aliphatic carbocycles. The number of amides is 1. The van der Waals surface area contributed by atoms with Gasteiger partial charge in [0.25, 0.3) is 0 Å². The van der Waals surface area contributed by atoms with Gasteiger partial charge >= 0.3 is 0 Å². The van der Waals surface area contributed by atoms with Crippen LogP contribution >= 0.6 is 11.3 Å². The molecule has 146 valence electrons. The summed E-state index contributed by atoms with van der Waals surface area (Å²) in [5, 5.41) is 5.05. The Balaban J connectivity index is 1.33. The van der Waals surface area contributed by atoms with E-state index in [9.17, 15) is 4.79 Å². The molecule has 2 aliphatic rings. The minimum atomic E-state index is -0.360. The lowest BCUT2D eigenvalue weighted by atomic mass is 10.00. The number of benzene rings is 2. The topological polar surface area (TPSA) is 53.9 Å². The summed E-state index contributed by atoms with van der Waals surface area (Å²) in [4.78, 5) is 20.6. The van der Waals surface area contributed by atoms with Crippen molar-refractivity contribution in [3.05, 3.63) is 65.5 Å². The Kier molecular flexibility index (Phi) is 4.87. The van der Waals surface area contributed by atoms with Crippen molar-refractivity contribution < 1.29 is 9.53 Å². The third kappa shape index (κ3) is 3.69. The third-order valence-corrected chi connectivity index (χ3v) is 6.25. The number of nitrogens with zero attached hydrogens (tertiary/aromatic N) is 2. The minimum absolute atomic E-state index is 0.0305. The monoisotopic (exact) mass is 403 g/mol. The second kappa shape index (κ2) is 7.81. The smallest absolute Gasteiger partial charge is 0.237 e. The second-order valence-corrected chi connectivity index (χ2v) is 8.09. The van der Waals surface area contributed by atoms with Crippen LogP contribution in [0.5, 0.6) is 0 Å². The number of ether oxygens (including phenoxy) is 1. The van der Waals surface area contributed by atoms with Crippen LogP contribution in [-0.2, 0) is 9.53 Å². The van der Waals surface area contributed by atoms with Gasteiger partial charge in [0.2, 0.25) is 5.91 Å². The highest BCUT2D eigenvalue weighted by atomic mass is 32.1. The van der Waals surface area contributed by atoms with Gasteiger partial charge in [-0.3, -0.25) is 9.79 Å². The summed E-state index contributed by atoms with van der Waals surface area (Å²) in [6.45, 7) is 3.36. The molecule has 5 rings (SSSR count). The van der Waals surface area contributed by atoms with Gasteiger partial charge in [0, 0.05) is 35.6 Å². The molecule has 1 unspecified atom stereocenters. The van der Waals surface area contributed by atoms with E-state index in [0.29, 0.717) is 0 Å². The lowest BCUT2D eigenvalue weighted by Gasteiger charge is -2.28. The molecule has 2 aromatic carbocycles. The maximum Gasteiger partial charge on any atom is 0.237 e. The fraction of sp³-hybridized carbons (Fsp3) is 0.217. The summed E-state index contributed by atoms with van der Waals surface area (Å²) in [7, 11) is 0. The van der Waals surface area contributed by atoms with Crippen molar-refractivity contribution in [2.24, 2.45) is 4.99 Å². The van der Waals surface area contributed by atoms with E-state index in [1.807, 2.05) is 30.3 Å². The Bertz CT molecular complexity index is 1040. The summed E-state index contributed by atoms with van der Waals surface area (Å²) in [5.41, 5.74) is 5.00. The molecule has 1 atom stereocenters. The van der Waals surface area contributed by atoms with Crippen molar-refractivity contribution in [1.82, 2.24) is 0 Å². The summed E-state index contributed by atoms with van der Waals surface area (Å²) >= 11 is 1.69. The van der Waals surface area contributed by atoms with Gasteiger partial charge in [-0.25, -0.2) is 0 Å². The number of morpholine rings is 1. The lowest BCUT2D eigenvalue weighted by Crippen LogP contribution is -2.36. The molecule has 1 fully saturated rings. The first-order chi connectivity index (χ1) is 14.3. The molecule has 1 saturated heterocycles. The quantitative estimate of drug-likeness (QED) is 0.643. The maximum absolute atomic E-state index is 12.5. The van der Waals surface area contributed by atoms with Crippen molar-refractivity contribution >= 4 is 40.5 Å². The standard InChI is InChI=1S/C23H21N3O2S/c27-23-20(19-8-3-16(14-21(19)25-23)22-2-1-13-29-22)15-24-17-4-6-18(7-5-17)26-9-11-28-12-10-26/h1-8,13-15,20H,9-12H2,(H,25,27). The average Bonchev–Trinajstić information content (AvgIpc) is 3.40. The van der Waals surface area contributed by atoms with E-state index >= 15 is 0 Å². The van der Waals surface area contributed by atoms with Crippen LogP contribution in [0.2, 0.25) is 0 Å². The van der Waals surface area contributed by atoms with Crippen LogP contribution in [0.3, 0.4) is 0 Å². The number of anilines is 2. The number of hydrogen-bond donors (Lipinski definition) is 1. The Morgan fingerprint density at radius 2 is 1.93 bits per heavy atom. The first-order valence-electron chi connectivity index (χ1n) is 9.73. The van der Waals surface area contributed by atoms with Crippen LogP contribution in [0.1, 0.15) is 11.5 Å². The van der Waals surface area contributed by atoms with Gasteiger partial charge in [-0.15, -0.1) is 11.3 Å². The minimum Gasteiger partial charge on any atom is -0.378 e. The zero-order valence-electron chi connectivity index (χ0n) is 15.9. The molecular weight excluding hydrogens is 382 g/mol. The molecule has 0 bridgehead atoms. The van der Waals surface area contributed by atoms with E-state index in [1.54, 1.807) is 17.6 Å². The van der Waals surface area contributed by atoms with Gasteiger partial charge in [-0.05, 0) is 52.9 Å². The van der Waals surface area contributed by atoms with Crippen LogP contribution in [0.25, 0.3) is 10.4 Å². The fourth-order valence-corrected chi connectivity index (χ4v) is 4.49. The molecule has 29 heavy (non-hydrogen) atoms. The second-order valence-electron chi connectivity index (χ2n) is 7.14.